The molecular weight excluding hydrogens is 332 g/mol. The standard InChI is InChI=1S/C20H26N2O4/c1-4-25-19(2,3)18(24)21-11-10-20-16(21)12-17(23)22(20)13-15(26-20)14-8-6-5-7-9-14/h5-9,15-16H,4,10-13H2,1-3H3/t15-,16-,20+/m1/s1. The van der Waals surface area contributed by atoms with Crippen molar-refractivity contribution in [2.75, 3.05) is 19.7 Å². The third kappa shape index (κ3) is 2.47. The lowest BCUT2D eigenvalue weighted by Crippen LogP contribution is -2.53. The molecule has 4 rings (SSSR count). The second-order valence-electron chi connectivity index (χ2n) is 7.78. The molecule has 6 heteroatoms. The van der Waals surface area contributed by atoms with Gasteiger partial charge in [-0.3, -0.25) is 9.59 Å². The first-order valence-corrected chi connectivity index (χ1v) is 9.37. The highest BCUT2D eigenvalue weighted by Gasteiger charge is 2.65. The van der Waals surface area contributed by atoms with E-state index in [9.17, 15) is 9.59 Å². The van der Waals surface area contributed by atoms with E-state index in [4.69, 9.17) is 9.47 Å². The van der Waals surface area contributed by atoms with E-state index in [1.807, 2.05) is 42.2 Å². The Balaban J connectivity index is 1.60. The fourth-order valence-electron chi connectivity index (χ4n) is 4.68. The SMILES string of the molecule is CCOC(C)(C)C(=O)N1CC[C@@]23O[C@@H](c4ccccc4)CN2C(=O)C[C@@H]13. The second kappa shape index (κ2) is 6.06. The zero-order valence-electron chi connectivity index (χ0n) is 15.6. The predicted molar refractivity (Wildman–Crippen MR) is 95.2 cm³/mol. The van der Waals surface area contributed by atoms with Crippen molar-refractivity contribution in [1.82, 2.24) is 9.80 Å². The molecule has 6 nitrogen and oxygen atoms in total. The largest absolute Gasteiger partial charge is 0.366 e. The van der Waals surface area contributed by atoms with Crippen LogP contribution in [-0.4, -0.2) is 58.7 Å². The van der Waals surface area contributed by atoms with Gasteiger partial charge in [-0.15, -0.1) is 0 Å². The molecule has 0 bridgehead atoms. The average Bonchev–Trinajstić information content (AvgIpc) is 3.24. The van der Waals surface area contributed by atoms with Crippen LogP contribution in [0.1, 0.15) is 45.3 Å². The Morgan fingerprint density at radius 3 is 2.77 bits per heavy atom. The molecule has 0 saturated carbocycles. The van der Waals surface area contributed by atoms with Crippen LogP contribution < -0.4 is 0 Å². The van der Waals surface area contributed by atoms with Crippen molar-refractivity contribution in [3.63, 3.8) is 0 Å². The lowest BCUT2D eigenvalue weighted by molar-refractivity contribution is -0.159. The van der Waals surface area contributed by atoms with Crippen molar-refractivity contribution in [3.05, 3.63) is 35.9 Å². The lowest BCUT2D eigenvalue weighted by atomic mass is 10.0. The van der Waals surface area contributed by atoms with Crippen LogP contribution in [0.4, 0.5) is 0 Å². The van der Waals surface area contributed by atoms with Gasteiger partial charge in [-0.2, -0.15) is 0 Å². The van der Waals surface area contributed by atoms with Crippen LogP contribution in [0.3, 0.4) is 0 Å². The maximum atomic E-state index is 13.1. The molecule has 0 radical (unpaired) electrons. The number of nitrogens with zero attached hydrogens (tertiary/aromatic N) is 2. The van der Waals surface area contributed by atoms with Gasteiger partial charge in [0.1, 0.15) is 11.7 Å². The van der Waals surface area contributed by atoms with E-state index < -0.39 is 11.3 Å². The number of hydrogen-bond donors (Lipinski definition) is 0. The van der Waals surface area contributed by atoms with Crippen LogP contribution in [0.15, 0.2) is 30.3 Å². The quantitative estimate of drug-likeness (QED) is 0.827. The summed E-state index contributed by atoms with van der Waals surface area (Å²) < 4.78 is 12.1. The molecule has 0 N–H and O–H groups in total. The third-order valence-electron chi connectivity index (χ3n) is 5.88. The number of likely N-dealkylation sites (tertiary alicyclic amines) is 1. The van der Waals surface area contributed by atoms with Gasteiger partial charge < -0.3 is 19.3 Å². The zero-order chi connectivity index (χ0) is 18.5. The second-order valence-corrected chi connectivity index (χ2v) is 7.78. The molecule has 2 amide bonds. The minimum Gasteiger partial charge on any atom is -0.366 e. The normalized spacial score (nSPS) is 30.7. The van der Waals surface area contributed by atoms with Gasteiger partial charge >= 0.3 is 0 Å². The molecule has 140 valence electrons. The topological polar surface area (TPSA) is 59.1 Å². The molecule has 3 fully saturated rings. The minimum absolute atomic E-state index is 0.0670. The van der Waals surface area contributed by atoms with Crippen LogP contribution in [0.2, 0.25) is 0 Å². The molecule has 0 unspecified atom stereocenters. The first-order chi connectivity index (χ1) is 12.4. The number of amides is 2. The van der Waals surface area contributed by atoms with E-state index in [0.29, 0.717) is 32.5 Å². The molecule has 1 spiro atoms. The van der Waals surface area contributed by atoms with Crippen LogP contribution in [-0.2, 0) is 19.1 Å². The van der Waals surface area contributed by atoms with Gasteiger partial charge in [-0.05, 0) is 26.3 Å². The maximum Gasteiger partial charge on any atom is 0.254 e. The molecule has 1 aromatic carbocycles. The number of ether oxygens (including phenoxy) is 2. The average molecular weight is 358 g/mol. The Morgan fingerprint density at radius 2 is 2.08 bits per heavy atom. The predicted octanol–water partition coefficient (Wildman–Crippen LogP) is 2.10. The summed E-state index contributed by atoms with van der Waals surface area (Å²) in [6.07, 6.45) is 0.841. The molecule has 26 heavy (non-hydrogen) atoms. The summed E-state index contributed by atoms with van der Waals surface area (Å²) in [7, 11) is 0. The summed E-state index contributed by atoms with van der Waals surface area (Å²) in [5.41, 5.74) is -0.508. The van der Waals surface area contributed by atoms with Gasteiger partial charge in [-0.25, -0.2) is 0 Å². The molecule has 3 aliphatic rings. The van der Waals surface area contributed by atoms with Gasteiger partial charge in [0.25, 0.3) is 5.91 Å². The van der Waals surface area contributed by atoms with E-state index >= 15 is 0 Å². The van der Waals surface area contributed by atoms with Crippen molar-refractivity contribution in [2.24, 2.45) is 0 Å². The minimum atomic E-state index is -0.895. The fourth-order valence-corrected chi connectivity index (χ4v) is 4.68. The summed E-state index contributed by atoms with van der Waals surface area (Å²) in [6.45, 7) is 7.08. The number of hydrogen-bond acceptors (Lipinski definition) is 4. The highest BCUT2D eigenvalue weighted by molar-refractivity contribution is 5.88. The van der Waals surface area contributed by atoms with Crippen LogP contribution in [0, 0.1) is 0 Å². The Morgan fingerprint density at radius 1 is 1.35 bits per heavy atom. The maximum absolute atomic E-state index is 13.1. The van der Waals surface area contributed by atoms with E-state index in [2.05, 4.69) is 0 Å². The molecule has 3 atom stereocenters. The third-order valence-corrected chi connectivity index (χ3v) is 5.88. The van der Waals surface area contributed by atoms with E-state index in [1.165, 1.54) is 0 Å². The number of benzene rings is 1. The number of carbonyl (C=O) groups excluding carboxylic acids is 2. The molecular formula is C20H26N2O4. The van der Waals surface area contributed by atoms with Crippen molar-refractivity contribution >= 4 is 11.8 Å². The summed E-state index contributed by atoms with van der Waals surface area (Å²) in [6, 6.07) is 9.74. The Labute approximate surface area is 154 Å². The summed E-state index contributed by atoms with van der Waals surface area (Å²) in [5, 5.41) is 0. The zero-order valence-corrected chi connectivity index (χ0v) is 15.6. The van der Waals surface area contributed by atoms with Gasteiger partial charge in [-0.1, -0.05) is 30.3 Å². The van der Waals surface area contributed by atoms with Gasteiger partial charge in [0.05, 0.1) is 19.0 Å². The number of rotatable bonds is 4. The van der Waals surface area contributed by atoms with Gasteiger partial charge in [0, 0.05) is 19.6 Å². The van der Waals surface area contributed by atoms with Crippen molar-refractivity contribution in [3.8, 4) is 0 Å². The highest BCUT2D eigenvalue weighted by atomic mass is 16.5. The summed E-state index contributed by atoms with van der Waals surface area (Å²) >= 11 is 0. The summed E-state index contributed by atoms with van der Waals surface area (Å²) in [4.78, 5) is 29.4. The van der Waals surface area contributed by atoms with Crippen LogP contribution in [0.5, 0.6) is 0 Å². The molecule has 3 aliphatic heterocycles. The monoisotopic (exact) mass is 358 g/mol. The molecule has 3 heterocycles. The van der Waals surface area contributed by atoms with E-state index in [-0.39, 0.29) is 24.0 Å². The molecule has 1 aromatic rings. The van der Waals surface area contributed by atoms with E-state index in [1.54, 1.807) is 18.7 Å². The van der Waals surface area contributed by atoms with Crippen molar-refractivity contribution < 1.29 is 19.1 Å². The number of carbonyl (C=O) groups is 2. The Bertz CT molecular complexity index is 720. The van der Waals surface area contributed by atoms with Crippen molar-refractivity contribution in [2.45, 2.75) is 57.1 Å². The first-order valence-electron chi connectivity index (χ1n) is 9.37. The van der Waals surface area contributed by atoms with E-state index in [0.717, 1.165) is 5.56 Å². The van der Waals surface area contributed by atoms with Crippen LogP contribution in [0.25, 0.3) is 0 Å². The van der Waals surface area contributed by atoms with Crippen LogP contribution >= 0.6 is 0 Å². The summed E-state index contributed by atoms with van der Waals surface area (Å²) in [5.74, 6) is 0.00258. The smallest absolute Gasteiger partial charge is 0.254 e. The molecule has 3 saturated heterocycles. The molecule has 0 aliphatic carbocycles. The fraction of sp³-hybridized carbons (Fsp3) is 0.600. The van der Waals surface area contributed by atoms with Gasteiger partial charge in [0.15, 0.2) is 5.72 Å². The Kier molecular flexibility index (Phi) is 4.08. The first kappa shape index (κ1) is 17.5. The van der Waals surface area contributed by atoms with Crippen molar-refractivity contribution in [1.29, 1.82) is 0 Å². The molecule has 0 aromatic heterocycles. The Hall–Kier alpha value is -1.92. The van der Waals surface area contributed by atoms with Gasteiger partial charge in [0.2, 0.25) is 5.91 Å². The highest BCUT2D eigenvalue weighted by Crippen LogP contribution is 2.51. The lowest BCUT2D eigenvalue weighted by Gasteiger charge is -2.35.